The monoisotopic (exact) mass is 292 g/mol. The van der Waals surface area contributed by atoms with Crippen molar-refractivity contribution in [1.82, 2.24) is 9.88 Å². The fourth-order valence-electron chi connectivity index (χ4n) is 2.57. The summed E-state index contributed by atoms with van der Waals surface area (Å²) in [5.74, 6) is 0.995. The first-order valence-electron chi connectivity index (χ1n) is 6.78. The Hall–Kier alpha value is -1.36. The van der Waals surface area contributed by atoms with Crippen molar-refractivity contribution < 1.29 is 9.52 Å². The van der Waals surface area contributed by atoms with Gasteiger partial charge < -0.3 is 9.52 Å². The number of aromatic nitrogens is 1. The van der Waals surface area contributed by atoms with Crippen LogP contribution in [0.2, 0.25) is 5.02 Å². The quantitative estimate of drug-likeness (QED) is 0.941. The Kier molecular flexibility index (Phi) is 4.05. The van der Waals surface area contributed by atoms with Crippen molar-refractivity contribution in [1.29, 1.82) is 0 Å². The highest BCUT2D eigenvalue weighted by Crippen LogP contribution is 2.23. The Morgan fingerprint density at radius 1 is 1.45 bits per heavy atom. The standard InChI is InChI=1S/C15H17ClN2O2/c16-13-3-1-2-12(6-13)15-17-14(10-20-15)8-18-5-4-11(7-18)9-19/h1-3,6,10-11,19H,4-5,7-9H2. The molecule has 1 N–H and O–H groups in total. The second-order valence-electron chi connectivity index (χ2n) is 5.23. The van der Waals surface area contributed by atoms with Gasteiger partial charge in [-0.25, -0.2) is 4.98 Å². The molecule has 5 heteroatoms. The van der Waals surface area contributed by atoms with Gasteiger partial charge in [0.25, 0.3) is 0 Å². The van der Waals surface area contributed by atoms with E-state index in [1.54, 1.807) is 6.26 Å². The van der Waals surface area contributed by atoms with Crippen molar-refractivity contribution >= 4 is 11.6 Å². The number of aliphatic hydroxyl groups excluding tert-OH is 1. The van der Waals surface area contributed by atoms with Gasteiger partial charge in [0.1, 0.15) is 6.26 Å². The Balaban J connectivity index is 1.68. The van der Waals surface area contributed by atoms with Crippen LogP contribution in [-0.4, -0.2) is 34.7 Å². The van der Waals surface area contributed by atoms with Crippen LogP contribution < -0.4 is 0 Å². The molecule has 2 heterocycles. The summed E-state index contributed by atoms with van der Waals surface area (Å²) in [6.07, 6.45) is 2.75. The van der Waals surface area contributed by atoms with E-state index in [-0.39, 0.29) is 6.61 Å². The molecule has 1 unspecified atom stereocenters. The average molecular weight is 293 g/mol. The van der Waals surface area contributed by atoms with Gasteiger partial charge in [0.05, 0.1) is 5.69 Å². The van der Waals surface area contributed by atoms with Crippen molar-refractivity contribution in [3.63, 3.8) is 0 Å². The highest BCUT2D eigenvalue weighted by atomic mass is 35.5. The number of halogens is 1. The van der Waals surface area contributed by atoms with Gasteiger partial charge in [-0.1, -0.05) is 17.7 Å². The Morgan fingerprint density at radius 3 is 3.10 bits per heavy atom. The van der Waals surface area contributed by atoms with Crippen LogP contribution in [0, 0.1) is 5.92 Å². The van der Waals surface area contributed by atoms with Crippen molar-refractivity contribution in [3.8, 4) is 11.5 Å². The highest BCUT2D eigenvalue weighted by molar-refractivity contribution is 6.30. The number of rotatable bonds is 4. The summed E-state index contributed by atoms with van der Waals surface area (Å²) in [6.45, 7) is 2.96. The minimum absolute atomic E-state index is 0.267. The van der Waals surface area contributed by atoms with Crippen LogP contribution in [0.3, 0.4) is 0 Å². The molecule has 1 aromatic heterocycles. The molecule has 1 fully saturated rings. The molecule has 2 aromatic rings. The first kappa shape index (κ1) is 13.6. The minimum Gasteiger partial charge on any atom is -0.444 e. The molecule has 1 saturated heterocycles. The zero-order valence-corrected chi connectivity index (χ0v) is 11.9. The lowest BCUT2D eigenvalue weighted by Crippen LogP contribution is -2.21. The van der Waals surface area contributed by atoms with Gasteiger partial charge >= 0.3 is 0 Å². The second-order valence-corrected chi connectivity index (χ2v) is 5.66. The molecule has 4 nitrogen and oxygen atoms in total. The van der Waals surface area contributed by atoms with Crippen LogP contribution >= 0.6 is 11.6 Å². The van der Waals surface area contributed by atoms with Crippen LogP contribution in [0.15, 0.2) is 34.9 Å². The summed E-state index contributed by atoms with van der Waals surface area (Å²) in [6, 6.07) is 7.48. The second kappa shape index (κ2) is 5.95. The molecular weight excluding hydrogens is 276 g/mol. The normalized spacial score (nSPS) is 19.6. The number of likely N-dealkylation sites (tertiary alicyclic amines) is 1. The van der Waals surface area contributed by atoms with Crippen LogP contribution in [-0.2, 0) is 6.54 Å². The summed E-state index contributed by atoms with van der Waals surface area (Å²) in [4.78, 5) is 6.80. The number of hydrogen-bond donors (Lipinski definition) is 1. The van der Waals surface area contributed by atoms with E-state index in [2.05, 4.69) is 9.88 Å². The maximum absolute atomic E-state index is 9.16. The summed E-state index contributed by atoms with van der Waals surface area (Å²) >= 11 is 5.97. The van der Waals surface area contributed by atoms with Crippen LogP contribution in [0.1, 0.15) is 12.1 Å². The van der Waals surface area contributed by atoms with Crippen LogP contribution in [0.25, 0.3) is 11.5 Å². The minimum atomic E-state index is 0.267. The van der Waals surface area contributed by atoms with E-state index >= 15 is 0 Å². The average Bonchev–Trinajstić information content (AvgIpc) is 3.08. The topological polar surface area (TPSA) is 49.5 Å². The summed E-state index contributed by atoms with van der Waals surface area (Å²) < 4.78 is 5.52. The zero-order chi connectivity index (χ0) is 13.9. The van der Waals surface area contributed by atoms with E-state index in [9.17, 15) is 0 Å². The summed E-state index contributed by atoms with van der Waals surface area (Å²) in [5, 5.41) is 9.83. The fourth-order valence-corrected chi connectivity index (χ4v) is 2.76. The fraction of sp³-hybridized carbons (Fsp3) is 0.400. The molecule has 1 aliphatic rings. The van der Waals surface area contributed by atoms with Crippen LogP contribution in [0.5, 0.6) is 0 Å². The molecule has 3 rings (SSSR count). The summed E-state index contributed by atoms with van der Waals surface area (Å²) in [5.41, 5.74) is 1.80. The van der Waals surface area contributed by atoms with E-state index in [1.807, 2.05) is 24.3 Å². The maximum Gasteiger partial charge on any atom is 0.226 e. The van der Waals surface area contributed by atoms with Gasteiger partial charge in [-0.2, -0.15) is 0 Å². The molecule has 0 saturated carbocycles. The highest BCUT2D eigenvalue weighted by Gasteiger charge is 2.22. The van der Waals surface area contributed by atoms with Gasteiger partial charge in [-0.3, -0.25) is 4.90 Å². The number of benzene rings is 1. The molecule has 1 atom stereocenters. The third-order valence-corrected chi connectivity index (χ3v) is 3.87. The Labute approximate surface area is 123 Å². The SMILES string of the molecule is OCC1CCN(Cc2coc(-c3cccc(Cl)c3)n2)C1. The van der Waals surface area contributed by atoms with Crippen molar-refractivity contribution in [3.05, 3.63) is 41.2 Å². The predicted octanol–water partition coefficient (Wildman–Crippen LogP) is 2.81. The van der Waals surface area contributed by atoms with Crippen molar-refractivity contribution in [2.75, 3.05) is 19.7 Å². The van der Waals surface area contributed by atoms with E-state index in [4.69, 9.17) is 21.1 Å². The van der Waals surface area contributed by atoms with E-state index in [0.29, 0.717) is 16.8 Å². The third-order valence-electron chi connectivity index (χ3n) is 3.64. The molecule has 1 aliphatic heterocycles. The van der Waals surface area contributed by atoms with E-state index < -0.39 is 0 Å². The number of oxazole rings is 1. The zero-order valence-electron chi connectivity index (χ0n) is 11.1. The van der Waals surface area contributed by atoms with E-state index in [0.717, 1.165) is 37.3 Å². The van der Waals surface area contributed by atoms with Crippen LogP contribution in [0.4, 0.5) is 0 Å². The predicted molar refractivity (Wildman–Crippen MR) is 77.4 cm³/mol. The lowest BCUT2D eigenvalue weighted by molar-refractivity contribution is 0.219. The number of nitrogens with zero attached hydrogens (tertiary/aromatic N) is 2. The third kappa shape index (κ3) is 3.03. The Morgan fingerprint density at radius 2 is 2.35 bits per heavy atom. The smallest absolute Gasteiger partial charge is 0.226 e. The van der Waals surface area contributed by atoms with Gasteiger partial charge in [-0.05, 0) is 37.1 Å². The first-order valence-corrected chi connectivity index (χ1v) is 7.16. The lowest BCUT2D eigenvalue weighted by atomic mass is 10.1. The molecule has 0 radical (unpaired) electrons. The number of aliphatic hydroxyl groups is 1. The molecule has 1 aromatic carbocycles. The Bertz CT molecular complexity index is 585. The van der Waals surface area contributed by atoms with Gasteiger partial charge in [0, 0.05) is 30.3 Å². The lowest BCUT2D eigenvalue weighted by Gasteiger charge is -2.12. The summed E-state index contributed by atoms with van der Waals surface area (Å²) in [7, 11) is 0. The van der Waals surface area contributed by atoms with Crippen molar-refractivity contribution in [2.24, 2.45) is 5.92 Å². The molecule has 0 aliphatic carbocycles. The van der Waals surface area contributed by atoms with Crippen molar-refractivity contribution in [2.45, 2.75) is 13.0 Å². The van der Waals surface area contributed by atoms with Gasteiger partial charge in [0.15, 0.2) is 0 Å². The largest absolute Gasteiger partial charge is 0.444 e. The molecule has 0 amide bonds. The maximum atomic E-state index is 9.16. The van der Waals surface area contributed by atoms with Gasteiger partial charge in [0.2, 0.25) is 5.89 Å². The van der Waals surface area contributed by atoms with E-state index in [1.165, 1.54) is 0 Å². The molecule has 0 bridgehead atoms. The molecule has 0 spiro atoms. The molecule has 106 valence electrons. The molecule has 20 heavy (non-hydrogen) atoms. The number of hydrogen-bond acceptors (Lipinski definition) is 4. The first-order chi connectivity index (χ1) is 9.74. The van der Waals surface area contributed by atoms with Gasteiger partial charge in [-0.15, -0.1) is 0 Å². The molecular formula is C15H17ClN2O2.